The van der Waals surface area contributed by atoms with Crippen LogP contribution in [0.25, 0.3) is 60.5 Å². The number of anilines is 3. The maximum absolute atomic E-state index is 6.81. The Morgan fingerprint density at radius 3 is 2.04 bits per heavy atom. The van der Waals surface area contributed by atoms with Crippen LogP contribution in [-0.2, 0) is 5.41 Å². The smallest absolute Gasteiger partial charge is 0.155 e. The molecule has 53 heavy (non-hydrogen) atoms. The van der Waals surface area contributed by atoms with Crippen LogP contribution in [0.15, 0.2) is 158 Å². The molecule has 12 rings (SSSR count). The lowest BCUT2D eigenvalue weighted by atomic mass is 9.82. The molecule has 0 amide bonds. The van der Waals surface area contributed by atoms with Gasteiger partial charge < -0.3 is 14.4 Å². The van der Waals surface area contributed by atoms with Crippen LogP contribution in [0.4, 0.5) is 17.1 Å². The highest BCUT2D eigenvalue weighted by Crippen LogP contribution is 2.56. The first-order chi connectivity index (χ1) is 26.0. The molecular weight excluding hydrogens is 649 g/mol. The van der Waals surface area contributed by atoms with Gasteiger partial charge in [-0.15, -0.1) is 0 Å². The van der Waals surface area contributed by atoms with Crippen molar-refractivity contribution in [3.05, 3.63) is 169 Å². The maximum atomic E-state index is 6.81. The van der Waals surface area contributed by atoms with Crippen molar-refractivity contribution in [1.82, 2.24) is 4.57 Å². The quantitative estimate of drug-likeness (QED) is 0.185. The van der Waals surface area contributed by atoms with E-state index in [2.05, 4.69) is 163 Å². The minimum atomic E-state index is -0.0827. The molecule has 0 fully saturated rings. The highest BCUT2D eigenvalue weighted by Gasteiger charge is 2.36. The summed E-state index contributed by atoms with van der Waals surface area (Å²) in [7, 11) is 0. The zero-order valence-electron chi connectivity index (χ0n) is 29.2. The summed E-state index contributed by atoms with van der Waals surface area (Å²) in [6.45, 7) is 4.67. The molecule has 9 aromatic rings. The van der Waals surface area contributed by atoms with E-state index in [0.717, 1.165) is 67.6 Å². The van der Waals surface area contributed by atoms with Crippen LogP contribution >= 0.6 is 0 Å². The first-order valence-corrected chi connectivity index (χ1v) is 18.3. The minimum absolute atomic E-state index is 0.0827. The highest BCUT2D eigenvalue weighted by atomic mass is 16.5. The Kier molecular flexibility index (Phi) is 5.54. The van der Waals surface area contributed by atoms with E-state index < -0.39 is 0 Å². The fourth-order valence-corrected chi connectivity index (χ4v) is 9.33. The predicted octanol–water partition coefficient (Wildman–Crippen LogP) is 13.6. The molecule has 4 heteroatoms. The van der Waals surface area contributed by atoms with Crippen molar-refractivity contribution in [2.75, 3.05) is 4.90 Å². The summed E-state index contributed by atoms with van der Waals surface area (Å²) in [4.78, 5) is 2.40. The molecule has 0 atom stereocenters. The topological polar surface area (TPSA) is 26.6 Å². The summed E-state index contributed by atoms with van der Waals surface area (Å²) in [5.41, 5.74) is 13.9. The number of nitrogens with zero attached hydrogens (tertiary/aromatic N) is 2. The average Bonchev–Trinajstić information content (AvgIpc) is 3.65. The number of rotatable bonds is 4. The van der Waals surface area contributed by atoms with Crippen molar-refractivity contribution < 1.29 is 9.47 Å². The second-order valence-corrected chi connectivity index (χ2v) is 14.9. The molecule has 0 saturated heterocycles. The van der Waals surface area contributed by atoms with Gasteiger partial charge in [-0.3, -0.25) is 4.57 Å². The zero-order chi connectivity index (χ0) is 35.0. The lowest BCUT2D eigenvalue weighted by Gasteiger charge is -2.30. The van der Waals surface area contributed by atoms with E-state index >= 15 is 0 Å². The Hall–Kier alpha value is -6.78. The molecule has 0 spiro atoms. The summed E-state index contributed by atoms with van der Waals surface area (Å²) in [5.74, 6) is 3.29. The first kappa shape index (κ1) is 28.9. The molecule has 0 N–H and O–H groups in total. The van der Waals surface area contributed by atoms with Crippen LogP contribution in [0.1, 0.15) is 25.0 Å². The van der Waals surface area contributed by atoms with Crippen molar-refractivity contribution >= 4 is 49.6 Å². The van der Waals surface area contributed by atoms with E-state index in [1.807, 2.05) is 18.2 Å². The molecule has 4 nitrogen and oxygen atoms in total. The predicted molar refractivity (Wildman–Crippen MR) is 216 cm³/mol. The normalized spacial score (nSPS) is 13.9. The van der Waals surface area contributed by atoms with E-state index in [4.69, 9.17) is 9.47 Å². The molecule has 2 aliphatic heterocycles. The number of hydrogen-bond acceptors (Lipinski definition) is 3. The van der Waals surface area contributed by atoms with Crippen molar-refractivity contribution in [2.45, 2.75) is 19.3 Å². The number of ether oxygens (including phenoxy) is 2. The second kappa shape index (κ2) is 10.2. The van der Waals surface area contributed by atoms with E-state index in [0.29, 0.717) is 0 Å². The lowest BCUT2D eigenvalue weighted by molar-refractivity contribution is 0.444. The molecule has 0 saturated carbocycles. The Morgan fingerprint density at radius 2 is 1.11 bits per heavy atom. The molecule has 8 aromatic carbocycles. The van der Waals surface area contributed by atoms with Gasteiger partial charge in [-0.1, -0.05) is 117 Å². The van der Waals surface area contributed by atoms with Crippen LogP contribution in [0.2, 0.25) is 0 Å². The van der Waals surface area contributed by atoms with Gasteiger partial charge in [-0.05, 0) is 92.7 Å². The lowest BCUT2D eigenvalue weighted by Crippen LogP contribution is -2.15. The largest absolute Gasteiger partial charge is 0.453 e. The average molecular weight is 681 g/mol. The van der Waals surface area contributed by atoms with Gasteiger partial charge in [0.05, 0.1) is 16.7 Å². The van der Waals surface area contributed by atoms with Crippen molar-refractivity contribution in [3.63, 3.8) is 0 Å². The monoisotopic (exact) mass is 680 g/mol. The van der Waals surface area contributed by atoms with Crippen LogP contribution in [-0.4, -0.2) is 4.57 Å². The third-order valence-electron chi connectivity index (χ3n) is 11.7. The molecule has 1 aliphatic carbocycles. The molecule has 0 bridgehead atoms. The zero-order valence-corrected chi connectivity index (χ0v) is 29.2. The van der Waals surface area contributed by atoms with Gasteiger partial charge in [-0.2, -0.15) is 0 Å². The molecule has 250 valence electrons. The molecule has 0 radical (unpaired) electrons. The number of hydrogen-bond donors (Lipinski definition) is 0. The number of para-hydroxylation sites is 2. The molecule has 1 aromatic heterocycles. The summed E-state index contributed by atoms with van der Waals surface area (Å²) in [6, 6.07) is 57.0. The van der Waals surface area contributed by atoms with E-state index in [-0.39, 0.29) is 5.41 Å². The Morgan fingerprint density at radius 1 is 0.453 bits per heavy atom. The van der Waals surface area contributed by atoms with Gasteiger partial charge in [-0.25, -0.2) is 0 Å². The van der Waals surface area contributed by atoms with Crippen LogP contribution < -0.4 is 14.4 Å². The molecular formula is C49H32N2O2. The highest BCUT2D eigenvalue weighted by molar-refractivity contribution is 6.16. The van der Waals surface area contributed by atoms with Gasteiger partial charge >= 0.3 is 0 Å². The van der Waals surface area contributed by atoms with Gasteiger partial charge in [0, 0.05) is 33.6 Å². The van der Waals surface area contributed by atoms with Crippen LogP contribution in [0, 0.1) is 0 Å². The SMILES string of the molecule is CC1(C)c2ccccc2-c2cc(N(c3cccc(-c4cccc5ccccc45)c3)c3cc4c5c(c3)c3cccc6c3n5-c3c(cccc3O4)O6)ccc21. The maximum Gasteiger partial charge on any atom is 0.155 e. The third-order valence-corrected chi connectivity index (χ3v) is 11.7. The van der Waals surface area contributed by atoms with Crippen LogP contribution in [0.3, 0.4) is 0 Å². The van der Waals surface area contributed by atoms with Gasteiger partial charge in [0.25, 0.3) is 0 Å². The molecule has 0 unspecified atom stereocenters. The van der Waals surface area contributed by atoms with Gasteiger partial charge in [0.2, 0.25) is 0 Å². The first-order valence-electron chi connectivity index (χ1n) is 18.3. The Labute approximate surface area is 306 Å². The summed E-state index contributed by atoms with van der Waals surface area (Å²) in [5, 5.41) is 4.74. The number of aromatic nitrogens is 1. The molecule has 3 aliphatic rings. The summed E-state index contributed by atoms with van der Waals surface area (Å²) >= 11 is 0. The fraction of sp³-hybridized carbons (Fsp3) is 0.0612. The second-order valence-electron chi connectivity index (χ2n) is 14.9. The van der Waals surface area contributed by atoms with Crippen LogP contribution in [0.5, 0.6) is 23.0 Å². The molecule has 3 heterocycles. The van der Waals surface area contributed by atoms with Crippen molar-refractivity contribution in [3.8, 4) is 50.9 Å². The van der Waals surface area contributed by atoms with Gasteiger partial charge in [0.1, 0.15) is 5.69 Å². The van der Waals surface area contributed by atoms with Gasteiger partial charge in [0.15, 0.2) is 23.0 Å². The minimum Gasteiger partial charge on any atom is -0.453 e. The van der Waals surface area contributed by atoms with Crippen molar-refractivity contribution in [1.29, 1.82) is 0 Å². The number of fused-ring (bicyclic) bond motifs is 5. The summed E-state index contributed by atoms with van der Waals surface area (Å²) < 4.78 is 15.6. The standard InChI is InChI=1S/C49H32N2O2/c1-49(2)40-19-6-5-16-36(40)38-26-32(23-24-41(38)49)50(31-14-7-13-30(25-31)35-17-8-12-29-11-3-4-15-34(29)35)33-27-39-37-18-9-20-42-46(37)51-47(39)45(28-33)53-44-22-10-21-43(52-42)48(44)51/h3-28H,1-2H3. The van der Waals surface area contributed by atoms with Crippen molar-refractivity contribution in [2.24, 2.45) is 0 Å². The van der Waals surface area contributed by atoms with E-state index in [9.17, 15) is 0 Å². The van der Waals surface area contributed by atoms with E-state index in [1.165, 1.54) is 44.2 Å². The van der Waals surface area contributed by atoms with E-state index in [1.54, 1.807) is 0 Å². The summed E-state index contributed by atoms with van der Waals surface area (Å²) in [6.07, 6.45) is 0. The Balaban J connectivity index is 1.13. The Bertz CT molecular complexity index is 3050. The third kappa shape index (κ3) is 3.84. The number of benzene rings is 8. The fourth-order valence-electron chi connectivity index (χ4n) is 9.33.